The third kappa shape index (κ3) is 4.71. The number of nitrogens with two attached hydrogens (primary N) is 1. The number of alkyl halides is 3. The summed E-state index contributed by atoms with van der Waals surface area (Å²) < 4.78 is 42.8. The Kier molecular flexibility index (Phi) is 8.31. The molecule has 1 aliphatic rings. The van der Waals surface area contributed by atoms with E-state index in [-0.39, 0.29) is 24.1 Å². The molecule has 0 amide bonds. The Morgan fingerprint density at radius 3 is 2.35 bits per heavy atom. The molecule has 1 aliphatic heterocycles. The van der Waals surface area contributed by atoms with Gasteiger partial charge in [0.05, 0.1) is 12.3 Å². The molecule has 0 spiro atoms. The van der Waals surface area contributed by atoms with Crippen molar-refractivity contribution in [3.8, 4) is 5.75 Å². The van der Waals surface area contributed by atoms with Crippen molar-refractivity contribution in [2.24, 2.45) is 5.73 Å². The molecular formula is C15H24ClF3N2O2. The Labute approximate surface area is 139 Å². The smallest absolute Gasteiger partial charge is 0.420 e. The second kappa shape index (κ2) is 8.70. The van der Waals surface area contributed by atoms with Gasteiger partial charge in [-0.1, -0.05) is 46.2 Å². The first-order valence-corrected chi connectivity index (χ1v) is 7.85. The van der Waals surface area contributed by atoms with Crippen LogP contribution in [0.15, 0.2) is 6.07 Å². The molecule has 3 N–H and O–H groups in total. The van der Waals surface area contributed by atoms with Gasteiger partial charge in [0, 0.05) is 17.5 Å². The second-order valence-electron chi connectivity index (χ2n) is 4.71. The van der Waals surface area contributed by atoms with Gasteiger partial charge < -0.3 is 15.6 Å². The van der Waals surface area contributed by atoms with E-state index in [9.17, 15) is 18.3 Å². The summed E-state index contributed by atoms with van der Waals surface area (Å²) >= 11 is 5.80. The molecule has 4 nitrogen and oxygen atoms in total. The molecule has 1 aromatic rings. The number of halogens is 4. The van der Waals surface area contributed by atoms with E-state index in [1.807, 2.05) is 27.7 Å². The van der Waals surface area contributed by atoms with E-state index >= 15 is 0 Å². The standard InChI is InChI=1S/C11H12ClF3N2O2.2C2H6/c1-10(3-16)4-19-7-5(10)2-6(17-9(7)12)8(18)11(13,14)15;2*1-2/h2,8,18H,3-4,16H2,1H3;2*1-2H3. The van der Waals surface area contributed by atoms with Gasteiger partial charge in [-0.3, -0.25) is 0 Å². The van der Waals surface area contributed by atoms with Gasteiger partial charge in [-0.25, -0.2) is 4.98 Å². The molecular weight excluding hydrogens is 333 g/mol. The fraction of sp³-hybridized carbons (Fsp3) is 0.667. The minimum Gasteiger partial charge on any atom is -0.489 e. The summed E-state index contributed by atoms with van der Waals surface area (Å²) in [6.45, 7) is 10.1. The van der Waals surface area contributed by atoms with E-state index in [4.69, 9.17) is 22.1 Å². The lowest BCUT2D eigenvalue weighted by Gasteiger charge is -2.21. The molecule has 23 heavy (non-hydrogen) atoms. The van der Waals surface area contributed by atoms with Crippen molar-refractivity contribution in [2.75, 3.05) is 13.2 Å². The number of rotatable bonds is 2. The number of fused-ring (bicyclic) bond motifs is 1. The molecule has 2 rings (SSSR count). The maximum Gasteiger partial charge on any atom is 0.420 e. The minimum absolute atomic E-state index is 0.182. The highest BCUT2D eigenvalue weighted by Gasteiger charge is 2.43. The van der Waals surface area contributed by atoms with Gasteiger partial charge in [-0.15, -0.1) is 0 Å². The first-order chi connectivity index (χ1) is 10.7. The number of aliphatic hydroxyl groups excluding tert-OH is 1. The SMILES string of the molecule is CC.CC.CC1(CN)COc2c1cc(C(O)C(F)(F)F)nc2Cl. The lowest BCUT2D eigenvalue weighted by Crippen LogP contribution is -2.33. The number of pyridine rings is 1. The summed E-state index contributed by atoms with van der Waals surface area (Å²) in [5.74, 6) is 0.229. The van der Waals surface area contributed by atoms with Crippen molar-refractivity contribution < 1.29 is 23.0 Å². The van der Waals surface area contributed by atoms with Crippen LogP contribution in [0.3, 0.4) is 0 Å². The summed E-state index contributed by atoms with van der Waals surface area (Å²) in [6.07, 6.45) is -7.48. The van der Waals surface area contributed by atoms with Gasteiger partial charge in [0.25, 0.3) is 0 Å². The number of aliphatic hydroxyl groups is 1. The van der Waals surface area contributed by atoms with Crippen LogP contribution in [0, 0.1) is 0 Å². The average Bonchev–Trinajstić information content (AvgIpc) is 2.88. The zero-order valence-corrected chi connectivity index (χ0v) is 14.7. The van der Waals surface area contributed by atoms with E-state index in [0.717, 1.165) is 6.07 Å². The van der Waals surface area contributed by atoms with Crippen molar-refractivity contribution in [3.63, 3.8) is 0 Å². The molecule has 0 radical (unpaired) electrons. The number of hydrogen-bond acceptors (Lipinski definition) is 4. The second-order valence-corrected chi connectivity index (χ2v) is 5.07. The Hall–Kier alpha value is -1.05. The van der Waals surface area contributed by atoms with Crippen LogP contribution in [0.4, 0.5) is 13.2 Å². The largest absolute Gasteiger partial charge is 0.489 e. The highest BCUT2D eigenvalue weighted by Crippen LogP contribution is 2.44. The lowest BCUT2D eigenvalue weighted by molar-refractivity contribution is -0.208. The number of aromatic nitrogens is 1. The van der Waals surface area contributed by atoms with Gasteiger partial charge in [0.1, 0.15) is 0 Å². The van der Waals surface area contributed by atoms with Crippen LogP contribution < -0.4 is 10.5 Å². The zero-order chi connectivity index (χ0) is 18.4. The Morgan fingerprint density at radius 2 is 1.91 bits per heavy atom. The number of hydrogen-bond donors (Lipinski definition) is 2. The molecule has 0 saturated carbocycles. The summed E-state index contributed by atoms with van der Waals surface area (Å²) in [7, 11) is 0. The topological polar surface area (TPSA) is 68.4 Å². The first-order valence-electron chi connectivity index (χ1n) is 7.47. The molecule has 0 bridgehead atoms. The van der Waals surface area contributed by atoms with Gasteiger partial charge >= 0.3 is 6.18 Å². The fourth-order valence-electron chi connectivity index (χ4n) is 1.89. The lowest BCUT2D eigenvalue weighted by atomic mass is 9.84. The highest BCUT2D eigenvalue weighted by atomic mass is 35.5. The van der Waals surface area contributed by atoms with Crippen molar-refractivity contribution >= 4 is 11.6 Å². The zero-order valence-electron chi connectivity index (χ0n) is 14.0. The van der Waals surface area contributed by atoms with E-state index in [0.29, 0.717) is 5.56 Å². The molecule has 0 aromatic carbocycles. The molecule has 2 atom stereocenters. The van der Waals surface area contributed by atoms with E-state index in [1.54, 1.807) is 6.92 Å². The predicted molar refractivity (Wildman–Crippen MR) is 84.9 cm³/mol. The summed E-state index contributed by atoms with van der Waals surface area (Å²) in [5, 5.41) is 9.04. The predicted octanol–water partition coefficient (Wildman–Crippen LogP) is 3.99. The monoisotopic (exact) mass is 356 g/mol. The van der Waals surface area contributed by atoms with Gasteiger partial charge in [-0.2, -0.15) is 13.2 Å². The molecule has 2 heterocycles. The first kappa shape index (κ1) is 21.9. The summed E-state index contributed by atoms with van der Waals surface area (Å²) in [4.78, 5) is 3.54. The van der Waals surface area contributed by atoms with Crippen LogP contribution in [0.25, 0.3) is 0 Å². The summed E-state index contributed by atoms with van der Waals surface area (Å²) in [6, 6.07) is 1.15. The van der Waals surface area contributed by atoms with Crippen LogP contribution in [-0.2, 0) is 5.41 Å². The molecule has 134 valence electrons. The number of nitrogens with zero attached hydrogens (tertiary/aromatic N) is 1. The summed E-state index contributed by atoms with van der Waals surface area (Å²) in [5.41, 5.74) is 4.86. The molecule has 2 unspecified atom stereocenters. The van der Waals surface area contributed by atoms with E-state index < -0.39 is 23.4 Å². The fourth-order valence-corrected chi connectivity index (χ4v) is 2.15. The Morgan fingerprint density at radius 1 is 1.39 bits per heavy atom. The maximum absolute atomic E-state index is 12.5. The van der Waals surface area contributed by atoms with Crippen molar-refractivity contribution in [2.45, 2.75) is 52.3 Å². The van der Waals surface area contributed by atoms with Crippen LogP contribution in [0.1, 0.15) is 52.0 Å². The van der Waals surface area contributed by atoms with Crippen molar-refractivity contribution in [1.29, 1.82) is 0 Å². The molecule has 0 fully saturated rings. The number of ether oxygens (including phenoxy) is 1. The van der Waals surface area contributed by atoms with Crippen molar-refractivity contribution in [3.05, 3.63) is 22.5 Å². The molecule has 8 heteroatoms. The molecule has 0 aliphatic carbocycles. The van der Waals surface area contributed by atoms with Crippen LogP contribution in [-0.4, -0.2) is 29.4 Å². The quantitative estimate of drug-likeness (QED) is 0.786. The highest BCUT2D eigenvalue weighted by molar-refractivity contribution is 6.31. The molecule has 1 aromatic heterocycles. The van der Waals surface area contributed by atoms with Gasteiger partial charge in [-0.05, 0) is 6.07 Å². The van der Waals surface area contributed by atoms with Gasteiger partial charge in [0.15, 0.2) is 17.0 Å². The normalized spacial score (nSPS) is 20.3. The molecule has 0 saturated heterocycles. The third-order valence-corrected chi connectivity index (χ3v) is 3.43. The van der Waals surface area contributed by atoms with Gasteiger partial charge in [0.2, 0.25) is 0 Å². The third-order valence-electron chi connectivity index (χ3n) is 3.18. The van der Waals surface area contributed by atoms with Crippen LogP contribution in [0.5, 0.6) is 5.75 Å². The Bertz CT molecular complexity index is 512. The minimum atomic E-state index is -4.80. The van der Waals surface area contributed by atoms with Crippen LogP contribution >= 0.6 is 11.6 Å². The van der Waals surface area contributed by atoms with E-state index in [2.05, 4.69) is 4.98 Å². The average molecular weight is 357 g/mol. The maximum atomic E-state index is 12.5. The Balaban J connectivity index is 0.00000112. The van der Waals surface area contributed by atoms with E-state index in [1.165, 1.54) is 0 Å². The van der Waals surface area contributed by atoms with Crippen LogP contribution in [0.2, 0.25) is 5.15 Å². The van der Waals surface area contributed by atoms with Crippen molar-refractivity contribution in [1.82, 2.24) is 4.98 Å².